The summed E-state index contributed by atoms with van der Waals surface area (Å²) in [6.07, 6.45) is 0.360. The third-order valence-corrected chi connectivity index (χ3v) is 2.58. The second-order valence-corrected chi connectivity index (χ2v) is 3.79. The Morgan fingerprint density at radius 1 is 1.25 bits per heavy atom. The van der Waals surface area contributed by atoms with Crippen molar-refractivity contribution in [2.24, 2.45) is 0 Å². The van der Waals surface area contributed by atoms with Crippen molar-refractivity contribution in [2.75, 3.05) is 6.61 Å². The minimum atomic E-state index is -0.348. The Balaban J connectivity index is 2.93. The summed E-state index contributed by atoms with van der Waals surface area (Å²) in [5, 5.41) is 3.04. The molecular formula is C12H17NO3. The number of rotatable bonds is 3. The van der Waals surface area contributed by atoms with Crippen LogP contribution >= 0.6 is 0 Å². The van der Waals surface area contributed by atoms with Gasteiger partial charge in [0.15, 0.2) is 5.78 Å². The summed E-state index contributed by atoms with van der Waals surface area (Å²) in [7, 11) is 0. The molecule has 0 bridgehead atoms. The fourth-order valence-corrected chi connectivity index (χ4v) is 1.71. The maximum atomic E-state index is 11.6. The van der Waals surface area contributed by atoms with Gasteiger partial charge in [0.25, 0.3) is 0 Å². The number of esters is 1. The van der Waals surface area contributed by atoms with Gasteiger partial charge in [-0.15, -0.1) is 0 Å². The molecule has 0 aromatic heterocycles. The van der Waals surface area contributed by atoms with E-state index >= 15 is 0 Å². The average molecular weight is 223 g/mol. The third kappa shape index (κ3) is 2.51. The van der Waals surface area contributed by atoms with E-state index in [2.05, 4.69) is 5.32 Å². The number of allylic oxidation sites excluding steroid dienone is 3. The predicted octanol–water partition coefficient (Wildman–Crippen LogP) is 1.68. The molecule has 88 valence electrons. The lowest BCUT2D eigenvalue weighted by atomic mass is 9.96. The number of nitrogens with one attached hydrogen (secondary N) is 1. The molecule has 0 unspecified atom stereocenters. The van der Waals surface area contributed by atoms with Gasteiger partial charge in [-0.25, -0.2) is 4.79 Å². The van der Waals surface area contributed by atoms with Crippen molar-refractivity contribution in [1.82, 2.24) is 5.32 Å². The highest BCUT2D eigenvalue weighted by Gasteiger charge is 2.23. The summed E-state index contributed by atoms with van der Waals surface area (Å²) in [4.78, 5) is 23.0. The summed E-state index contributed by atoms with van der Waals surface area (Å²) in [5.74, 6) is -0.363. The molecule has 0 aromatic rings. The van der Waals surface area contributed by atoms with E-state index < -0.39 is 0 Å². The van der Waals surface area contributed by atoms with Crippen LogP contribution in [0, 0.1) is 0 Å². The van der Waals surface area contributed by atoms with E-state index in [0.29, 0.717) is 24.2 Å². The van der Waals surface area contributed by atoms with E-state index in [-0.39, 0.29) is 11.8 Å². The zero-order chi connectivity index (χ0) is 12.3. The number of ketones is 1. The van der Waals surface area contributed by atoms with Crippen molar-refractivity contribution in [3.05, 3.63) is 22.5 Å². The lowest BCUT2D eigenvalue weighted by Gasteiger charge is -2.21. The Hall–Kier alpha value is -1.58. The molecule has 0 saturated heterocycles. The quantitative estimate of drug-likeness (QED) is 0.739. The van der Waals surface area contributed by atoms with Gasteiger partial charge in [-0.05, 0) is 27.7 Å². The Morgan fingerprint density at radius 3 is 2.31 bits per heavy atom. The highest BCUT2D eigenvalue weighted by molar-refractivity contribution is 5.99. The van der Waals surface area contributed by atoms with Crippen molar-refractivity contribution in [2.45, 2.75) is 34.1 Å². The lowest BCUT2D eigenvalue weighted by molar-refractivity contribution is -0.138. The van der Waals surface area contributed by atoms with Crippen molar-refractivity contribution in [1.29, 1.82) is 0 Å². The summed E-state index contributed by atoms with van der Waals surface area (Å²) >= 11 is 0. The first-order valence-corrected chi connectivity index (χ1v) is 5.32. The number of Topliss-reactive ketones (excluding diaryl/α,β-unsaturated/α-hetero) is 1. The Labute approximate surface area is 95.4 Å². The van der Waals surface area contributed by atoms with E-state index in [9.17, 15) is 9.59 Å². The maximum Gasteiger partial charge on any atom is 0.336 e. The molecule has 0 spiro atoms. The lowest BCUT2D eigenvalue weighted by Crippen LogP contribution is -2.25. The standard InChI is InChI=1S/C12H17NO3/c1-5-16-12(15)11-6-10(9(4)14)7(2)13-8(11)3/h13H,5-6H2,1-4H3. The van der Waals surface area contributed by atoms with Gasteiger partial charge in [-0.1, -0.05) is 0 Å². The molecule has 1 heterocycles. The van der Waals surface area contributed by atoms with E-state index in [1.807, 2.05) is 13.8 Å². The molecule has 16 heavy (non-hydrogen) atoms. The number of hydrogen-bond acceptors (Lipinski definition) is 4. The normalized spacial score (nSPS) is 16.0. The summed E-state index contributed by atoms with van der Waals surface area (Å²) in [6.45, 7) is 7.25. The van der Waals surface area contributed by atoms with E-state index in [4.69, 9.17) is 4.74 Å². The fraction of sp³-hybridized carbons (Fsp3) is 0.500. The first kappa shape index (κ1) is 12.5. The second-order valence-electron chi connectivity index (χ2n) is 3.79. The van der Waals surface area contributed by atoms with Gasteiger partial charge >= 0.3 is 5.97 Å². The fourth-order valence-electron chi connectivity index (χ4n) is 1.71. The van der Waals surface area contributed by atoms with Crippen LogP contribution in [0.5, 0.6) is 0 Å². The maximum absolute atomic E-state index is 11.6. The number of ether oxygens (including phenoxy) is 1. The number of carbonyl (C=O) groups is 2. The van der Waals surface area contributed by atoms with Crippen molar-refractivity contribution >= 4 is 11.8 Å². The highest BCUT2D eigenvalue weighted by atomic mass is 16.5. The van der Waals surface area contributed by atoms with Crippen LogP contribution in [0.2, 0.25) is 0 Å². The molecule has 0 amide bonds. The van der Waals surface area contributed by atoms with Crippen LogP contribution in [0.1, 0.15) is 34.1 Å². The molecule has 0 atom stereocenters. The van der Waals surface area contributed by atoms with Gasteiger partial charge in [-0.2, -0.15) is 0 Å². The van der Waals surface area contributed by atoms with Gasteiger partial charge in [0.05, 0.1) is 12.2 Å². The molecule has 1 aliphatic heterocycles. The van der Waals surface area contributed by atoms with Crippen molar-refractivity contribution < 1.29 is 14.3 Å². The minimum absolute atomic E-state index is 0.0145. The van der Waals surface area contributed by atoms with Crippen LogP contribution in [0.4, 0.5) is 0 Å². The molecule has 4 heteroatoms. The van der Waals surface area contributed by atoms with E-state index in [1.165, 1.54) is 6.92 Å². The summed E-state index contributed by atoms with van der Waals surface area (Å²) in [6, 6.07) is 0. The monoisotopic (exact) mass is 223 g/mol. The molecule has 0 radical (unpaired) electrons. The smallest absolute Gasteiger partial charge is 0.336 e. The molecule has 4 nitrogen and oxygen atoms in total. The molecule has 0 aliphatic carbocycles. The zero-order valence-corrected chi connectivity index (χ0v) is 10.1. The van der Waals surface area contributed by atoms with Crippen LogP contribution in [0.15, 0.2) is 22.5 Å². The molecular weight excluding hydrogens is 206 g/mol. The van der Waals surface area contributed by atoms with Crippen molar-refractivity contribution in [3.63, 3.8) is 0 Å². The largest absolute Gasteiger partial charge is 0.463 e. The molecule has 1 rings (SSSR count). The summed E-state index contributed by atoms with van der Waals surface area (Å²) < 4.78 is 4.94. The number of hydrogen-bond donors (Lipinski definition) is 1. The number of dihydropyridines is 1. The van der Waals surface area contributed by atoms with Gasteiger partial charge in [-0.3, -0.25) is 4.79 Å². The van der Waals surface area contributed by atoms with Gasteiger partial charge < -0.3 is 10.1 Å². The first-order valence-electron chi connectivity index (χ1n) is 5.32. The minimum Gasteiger partial charge on any atom is -0.463 e. The molecule has 0 fully saturated rings. The van der Waals surface area contributed by atoms with Crippen molar-refractivity contribution in [3.8, 4) is 0 Å². The van der Waals surface area contributed by atoms with Crippen LogP contribution in [0.25, 0.3) is 0 Å². The summed E-state index contributed by atoms with van der Waals surface area (Å²) in [5.41, 5.74) is 2.77. The second kappa shape index (κ2) is 4.96. The third-order valence-electron chi connectivity index (χ3n) is 2.58. The first-order chi connectivity index (χ1) is 7.47. The van der Waals surface area contributed by atoms with Gasteiger partial charge in [0.1, 0.15) is 0 Å². The van der Waals surface area contributed by atoms with E-state index in [1.54, 1.807) is 6.92 Å². The molecule has 0 aromatic carbocycles. The molecule has 1 aliphatic rings. The van der Waals surface area contributed by atoms with Gasteiger partial charge in [0.2, 0.25) is 0 Å². The Kier molecular flexibility index (Phi) is 3.88. The van der Waals surface area contributed by atoms with Crippen LogP contribution < -0.4 is 5.32 Å². The van der Waals surface area contributed by atoms with Gasteiger partial charge in [0, 0.05) is 23.4 Å². The number of carbonyl (C=O) groups excluding carboxylic acids is 2. The zero-order valence-electron chi connectivity index (χ0n) is 10.1. The molecule has 0 saturated carbocycles. The van der Waals surface area contributed by atoms with Crippen LogP contribution in [-0.4, -0.2) is 18.4 Å². The highest BCUT2D eigenvalue weighted by Crippen LogP contribution is 2.24. The Bertz CT molecular complexity index is 391. The molecule has 1 N–H and O–H groups in total. The average Bonchev–Trinajstić information content (AvgIpc) is 2.17. The van der Waals surface area contributed by atoms with Crippen LogP contribution in [-0.2, 0) is 14.3 Å². The Morgan fingerprint density at radius 2 is 1.81 bits per heavy atom. The predicted molar refractivity (Wildman–Crippen MR) is 60.5 cm³/mol. The van der Waals surface area contributed by atoms with E-state index in [0.717, 1.165) is 11.4 Å². The van der Waals surface area contributed by atoms with Crippen LogP contribution in [0.3, 0.4) is 0 Å². The SMILES string of the molecule is CCOC(=O)C1=C(C)NC(C)=C(C(C)=O)C1. The topological polar surface area (TPSA) is 55.4 Å².